The topological polar surface area (TPSA) is 58.1 Å². The van der Waals surface area contributed by atoms with Crippen molar-refractivity contribution in [2.45, 2.75) is 13.8 Å². The van der Waals surface area contributed by atoms with Gasteiger partial charge < -0.3 is 10.2 Å². The summed E-state index contributed by atoms with van der Waals surface area (Å²) < 4.78 is 0. The van der Waals surface area contributed by atoms with Crippen LogP contribution in [0.15, 0.2) is 66.7 Å². The Balaban J connectivity index is 1.75. The van der Waals surface area contributed by atoms with E-state index in [9.17, 15) is 4.79 Å². The number of nitrogens with one attached hydrogen (secondary N) is 1. The van der Waals surface area contributed by atoms with Gasteiger partial charge in [-0.2, -0.15) is 0 Å². The highest BCUT2D eigenvalue weighted by atomic mass is 16.1. The largest absolute Gasteiger partial charge is 0.325 e. The zero-order valence-corrected chi connectivity index (χ0v) is 14.3. The van der Waals surface area contributed by atoms with Gasteiger partial charge >= 0.3 is 0 Å². The lowest BCUT2D eigenvalue weighted by Gasteiger charge is -2.21. The van der Waals surface area contributed by atoms with Crippen molar-refractivity contribution in [3.05, 3.63) is 78.0 Å². The number of carbonyl (C=O) groups excluding carboxylic acids is 1. The van der Waals surface area contributed by atoms with Crippen LogP contribution in [0.5, 0.6) is 0 Å². The van der Waals surface area contributed by atoms with Crippen molar-refractivity contribution in [3.8, 4) is 0 Å². The lowest BCUT2D eigenvalue weighted by atomic mass is 10.2. The summed E-state index contributed by atoms with van der Waals surface area (Å²) in [5, 5.41) is 11.1. The van der Waals surface area contributed by atoms with Crippen molar-refractivity contribution in [1.29, 1.82) is 0 Å². The number of aryl methyl sites for hydroxylation is 1. The van der Waals surface area contributed by atoms with E-state index in [2.05, 4.69) is 15.5 Å². The summed E-state index contributed by atoms with van der Waals surface area (Å²) >= 11 is 0. The molecule has 0 unspecified atom stereocenters. The van der Waals surface area contributed by atoms with Gasteiger partial charge in [0.25, 0.3) is 5.91 Å². The molecular formula is C20H20N4O. The number of para-hydroxylation sites is 1. The molecule has 3 aromatic rings. The Hall–Kier alpha value is -3.21. The fraction of sp³-hybridized carbons (Fsp3) is 0.150. The van der Waals surface area contributed by atoms with E-state index in [1.807, 2.05) is 79.4 Å². The Bertz CT molecular complexity index is 830. The van der Waals surface area contributed by atoms with Gasteiger partial charge in [-0.05, 0) is 50.2 Å². The minimum absolute atomic E-state index is 0.273. The number of hydrogen-bond acceptors (Lipinski definition) is 4. The smallest absolute Gasteiger partial charge is 0.276 e. The van der Waals surface area contributed by atoms with Crippen molar-refractivity contribution >= 4 is 23.1 Å². The Morgan fingerprint density at radius 1 is 0.960 bits per heavy atom. The molecule has 0 aliphatic heterocycles. The number of benzene rings is 2. The zero-order chi connectivity index (χ0) is 17.6. The van der Waals surface area contributed by atoms with Crippen LogP contribution in [0.25, 0.3) is 0 Å². The van der Waals surface area contributed by atoms with Crippen LogP contribution in [-0.4, -0.2) is 22.6 Å². The normalized spacial score (nSPS) is 10.3. The molecule has 0 atom stereocenters. The first-order valence-corrected chi connectivity index (χ1v) is 8.21. The molecule has 3 rings (SSSR count). The highest BCUT2D eigenvalue weighted by Crippen LogP contribution is 2.22. The Labute approximate surface area is 147 Å². The molecule has 5 nitrogen and oxygen atoms in total. The maximum absolute atomic E-state index is 12.3. The molecule has 1 aromatic heterocycles. The molecule has 0 spiro atoms. The SMILES string of the molecule is CCN(c1ccccc1)c1ccc(C(=O)Nc2ccc(C)cc2)nn1. The lowest BCUT2D eigenvalue weighted by molar-refractivity contribution is 0.102. The van der Waals surface area contributed by atoms with Crippen molar-refractivity contribution in [2.24, 2.45) is 0 Å². The molecule has 5 heteroatoms. The molecule has 0 aliphatic rings. The lowest BCUT2D eigenvalue weighted by Crippen LogP contribution is -2.19. The monoisotopic (exact) mass is 332 g/mol. The highest BCUT2D eigenvalue weighted by molar-refractivity contribution is 6.02. The molecule has 25 heavy (non-hydrogen) atoms. The predicted molar refractivity (Wildman–Crippen MR) is 100 cm³/mol. The summed E-state index contributed by atoms with van der Waals surface area (Å²) in [7, 11) is 0. The fourth-order valence-electron chi connectivity index (χ4n) is 2.51. The third kappa shape index (κ3) is 4.01. The van der Waals surface area contributed by atoms with E-state index in [4.69, 9.17) is 0 Å². The first-order valence-electron chi connectivity index (χ1n) is 8.21. The second-order valence-corrected chi connectivity index (χ2v) is 5.68. The molecule has 0 radical (unpaired) electrons. The van der Waals surface area contributed by atoms with Gasteiger partial charge in [0.1, 0.15) is 0 Å². The third-order valence-electron chi connectivity index (χ3n) is 3.85. The van der Waals surface area contributed by atoms with Crippen molar-refractivity contribution in [2.75, 3.05) is 16.8 Å². The van der Waals surface area contributed by atoms with Crippen LogP contribution in [-0.2, 0) is 0 Å². The summed E-state index contributed by atoms with van der Waals surface area (Å²) in [5.41, 5.74) is 3.20. The Kier molecular flexibility index (Phi) is 5.04. The van der Waals surface area contributed by atoms with Crippen LogP contribution < -0.4 is 10.2 Å². The minimum atomic E-state index is -0.273. The summed E-state index contributed by atoms with van der Waals surface area (Å²) in [6, 6.07) is 21.1. The molecule has 1 amide bonds. The van der Waals surface area contributed by atoms with Crippen LogP contribution in [0, 0.1) is 6.92 Å². The number of amides is 1. The molecular weight excluding hydrogens is 312 g/mol. The standard InChI is InChI=1S/C20H20N4O/c1-3-24(17-7-5-4-6-8-17)19-14-13-18(22-23-19)20(25)21-16-11-9-15(2)10-12-16/h4-14H,3H2,1-2H3,(H,21,25). The van der Waals surface area contributed by atoms with Crippen LogP contribution in [0.3, 0.4) is 0 Å². The first kappa shape index (κ1) is 16.6. The van der Waals surface area contributed by atoms with Crippen molar-refractivity contribution in [3.63, 3.8) is 0 Å². The molecule has 0 bridgehead atoms. The van der Waals surface area contributed by atoms with Gasteiger partial charge in [-0.1, -0.05) is 35.9 Å². The molecule has 1 heterocycles. The maximum Gasteiger partial charge on any atom is 0.276 e. The van der Waals surface area contributed by atoms with Crippen LogP contribution in [0.1, 0.15) is 23.0 Å². The van der Waals surface area contributed by atoms with Crippen molar-refractivity contribution in [1.82, 2.24) is 10.2 Å². The van der Waals surface area contributed by atoms with E-state index in [1.54, 1.807) is 6.07 Å². The van der Waals surface area contributed by atoms with Gasteiger partial charge in [0.15, 0.2) is 11.5 Å². The van der Waals surface area contributed by atoms with E-state index in [1.165, 1.54) is 0 Å². The zero-order valence-electron chi connectivity index (χ0n) is 14.3. The summed E-state index contributed by atoms with van der Waals surface area (Å²) in [6.07, 6.45) is 0. The van der Waals surface area contributed by atoms with Crippen LogP contribution in [0.4, 0.5) is 17.2 Å². The van der Waals surface area contributed by atoms with Gasteiger partial charge in [-0.25, -0.2) is 0 Å². The second-order valence-electron chi connectivity index (χ2n) is 5.68. The average molecular weight is 332 g/mol. The molecule has 2 aromatic carbocycles. The molecule has 0 saturated heterocycles. The van der Waals surface area contributed by atoms with E-state index < -0.39 is 0 Å². The Morgan fingerprint density at radius 3 is 2.28 bits per heavy atom. The average Bonchev–Trinajstić information content (AvgIpc) is 2.66. The van der Waals surface area contributed by atoms with Gasteiger partial charge in [0.2, 0.25) is 0 Å². The van der Waals surface area contributed by atoms with E-state index >= 15 is 0 Å². The van der Waals surface area contributed by atoms with E-state index in [-0.39, 0.29) is 11.6 Å². The van der Waals surface area contributed by atoms with Gasteiger partial charge in [0, 0.05) is 17.9 Å². The minimum Gasteiger partial charge on any atom is -0.325 e. The molecule has 1 N–H and O–H groups in total. The van der Waals surface area contributed by atoms with E-state index in [0.717, 1.165) is 23.5 Å². The van der Waals surface area contributed by atoms with E-state index in [0.29, 0.717) is 5.82 Å². The summed E-state index contributed by atoms with van der Waals surface area (Å²) in [5.74, 6) is 0.436. The number of anilines is 3. The number of nitrogens with zero attached hydrogens (tertiary/aromatic N) is 3. The molecule has 0 saturated carbocycles. The predicted octanol–water partition coefficient (Wildman–Crippen LogP) is 4.20. The number of aromatic nitrogens is 2. The third-order valence-corrected chi connectivity index (χ3v) is 3.85. The number of rotatable bonds is 5. The molecule has 0 fully saturated rings. The van der Waals surface area contributed by atoms with Gasteiger partial charge in [-0.15, -0.1) is 10.2 Å². The Morgan fingerprint density at radius 2 is 1.68 bits per heavy atom. The maximum atomic E-state index is 12.3. The first-order chi connectivity index (χ1) is 12.2. The van der Waals surface area contributed by atoms with Gasteiger partial charge in [-0.3, -0.25) is 4.79 Å². The van der Waals surface area contributed by atoms with Crippen molar-refractivity contribution < 1.29 is 4.79 Å². The molecule has 0 aliphatic carbocycles. The number of carbonyl (C=O) groups is 1. The fourth-order valence-corrected chi connectivity index (χ4v) is 2.51. The van der Waals surface area contributed by atoms with Crippen LogP contribution >= 0.6 is 0 Å². The second kappa shape index (κ2) is 7.57. The summed E-state index contributed by atoms with van der Waals surface area (Å²) in [4.78, 5) is 14.3. The highest BCUT2D eigenvalue weighted by Gasteiger charge is 2.12. The van der Waals surface area contributed by atoms with Crippen LogP contribution in [0.2, 0.25) is 0 Å². The van der Waals surface area contributed by atoms with Gasteiger partial charge in [0.05, 0.1) is 0 Å². The summed E-state index contributed by atoms with van der Waals surface area (Å²) in [6.45, 7) is 4.81. The molecule has 126 valence electrons. The number of hydrogen-bond donors (Lipinski definition) is 1. The quantitative estimate of drug-likeness (QED) is 0.761.